The highest BCUT2D eigenvalue weighted by Crippen LogP contribution is 2.43. The second kappa shape index (κ2) is 7.95. The number of hydrogen-bond donors (Lipinski definition) is 0. The van der Waals surface area contributed by atoms with Gasteiger partial charge in [0.2, 0.25) is 0 Å². The van der Waals surface area contributed by atoms with E-state index in [0.29, 0.717) is 41.6 Å². The van der Waals surface area contributed by atoms with Crippen LogP contribution in [0, 0.1) is 6.57 Å². The third kappa shape index (κ3) is 3.56. The van der Waals surface area contributed by atoms with Crippen LogP contribution in [0.4, 0.5) is 11.5 Å². The minimum Gasteiger partial charge on any atom is -0.317 e. The van der Waals surface area contributed by atoms with Gasteiger partial charge in [0.1, 0.15) is 17.8 Å². The molecule has 4 aromatic rings. The molecule has 0 atom stereocenters. The van der Waals surface area contributed by atoms with E-state index in [0.717, 1.165) is 40.8 Å². The molecule has 6 rings (SSSR count). The van der Waals surface area contributed by atoms with E-state index >= 15 is 0 Å². The quantitative estimate of drug-likeness (QED) is 0.324. The van der Waals surface area contributed by atoms with Gasteiger partial charge in [0.25, 0.3) is 5.91 Å². The molecule has 3 aromatic heterocycles. The molecule has 1 amide bonds. The number of amides is 1. The number of carbonyl (C=O) groups is 2. The van der Waals surface area contributed by atoms with E-state index in [1.165, 1.54) is 6.07 Å². The Bertz CT molecular complexity index is 1560. The second-order valence-corrected chi connectivity index (χ2v) is 8.80. The largest absolute Gasteiger partial charge is 0.317 e. The van der Waals surface area contributed by atoms with Crippen molar-refractivity contribution in [2.24, 2.45) is 7.05 Å². The van der Waals surface area contributed by atoms with Gasteiger partial charge >= 0.3 is 0 Å². The van der Waals surface area contributed by atoms with Crippen LogP contribution in [0.1, 0.15) is 50.9 Å². The number of fused-ring (bicyclic) bond motifs is 1. The monoisotopic (exact) mass is 461 g/mol. The highest BCUT2D eigenvalue weighted by atomic mass is 16.2. The first-order valence-corrected chi connectivity index (χ1v) is 11.2. The first-order chi connectivity index (χ1) is 17.1. The number of aldehydes is 1. The van der Waals surface area contributed by atoms with Crippen molar-refractivity contribution in [2.45, 2.75) is 25.3 Å². The topological polar surface area (TPSA) is 98.2 Å². The Labute approximate surface area is 200 Å². The van der Waals surface area contributed by atoms with Gasteiger partial charge < -0.3 is 4.57 Å². The Balaban J connectivity index is 1.49. The summed E-state index contributed by atoms with van der Waals surface area (Å²) >= 11 is 0. The van der Waals surface area contributed by atoms with E-state index in [9.17, 15) is 9.59 Å². The molecule has 0 radical (unpaired) electrons. The molecule has 9 nitrogen and oxygen atoms in total. The molecule has 0 saturated heterocycles. The third-order valence-electron chi connectivity index (χ3n) is 6.43. The fourth-order valence-corrected chi connectivity index (χ4v) is 4.45. The zero-order valence-electron chi connectivity index (χ0n) is 18.8. The maximum Gasteiger partial charge on any atom is 0.260 e. The van der Waals surface area contributed by atoms with E-state index in [4.69, 9.17) is 11.6 Å². The summed E-state index contributed by atoms with van der Waals surface area (Å²) in [7, 11) is 1.86. The molecule has 35 heavy (non-hydrogen) atoms. The standard InChI is InChI=1S/C26H19N7O2/c1-27-18-5-6-20(22(9-18)25-31-29-14-32(25)2)16-7-23(15-3-4-15)30-24(8-16)33-12-17-11-28-19(13-34)10-21(17)26(33)35/h5-11,13-15H,3-4,12H2,2H3. The Morgan fingerprint density at radius 1 is 1.11 bits per heavy atom. The fraction of sp³-hybridized carbons (Fsp3) is 0.192. The van der Waals surface area contributed by atoms with Crippen LogP contribution in [0.25, 0.3) is 27.4 Å². The Morgan fingerprint density at radius 3 is 2.69 bits per heavy atom. The summed E-state index contributed by atoms with van der Waals surface area (Å²) in [5.74, 6) is 1.36. The predicted molar refractivity (Wildman–Crippen MR) is 128 cm³/mol. The number of carbonyl (C=O) groups excluding carboxylic acids is 2. The summed E-state index contributed by atoms with van der Waals surface area (Å²) in [4.78, 5) is 38.6. The van der Waals surface area contributed by atoms with Crippen LogP contribution < -0.4 is 4.90 Å². The van der Waals surface area contributed by atoms with Crippen molar-refractivity contribution in [3.63, 3.8) is 0 Å². The van der Waals surface area contributed by atoms with E-state index < -0.39 is 0 Å². The van der Waals surface area contributed by atoms with E-state index in [1.807, 2.05) is 29.8 Å². The number of pyridine rings is 2. The molecule has 1 aliphatic carbocycles. The lowest BCUT2D eigenvalue weighted by Gasteiger charge is -2.18. The molecule has 1 fully saturated rings. The number of benzene rings is 1. The van der Waals surface area contributed by atoms with Crippen LogP contribution in [0.2, 0.25) is 0 Å². The second-order valence-electron chi connectivity index (χ2n) is 8.80. The fourth-order valence-electron chi connectivity index (χ4n) is 4.45. The Kier molecular flexibility index (Phi) is 4.74. The summed E-state index contributed by atoms with van der Waals surface area (Å²) in [5, 5.41) is 8.28. The van der Waals surface area contributed by atoms with Gasteiger partial charge in [0, 0.05) is 41.5 Å². The third-order valence-corrected chi connectivity index (χ3v) is 6.43. The number of aryl methyl sites for hydroxylation is 1. The molecular weight excluding hydrogens is 442 g/mol. The summed E-state index contributed by atoms with van der Waals surface area (Å²) in [6.07, 6.45) is 5.96. The molecule has 0 spiro atoms. The van der Waals surface area contributed by atoms with Crippen molar-refractivity contribution in [3.8, 4) is 22.5 Å². The Hall–Kier alpha value is -4.71. The summed E-state index contributed by atoms with van der Waals surface area (Å²) in [6, 6.07) is 11.0. The van der Waals surface area contributed by atoms with Crippen LogP contribution in [-0.4, -0.2) is 36.9 Å². The minimum atomic E-state index is -0.200. The van der Waals surface area contributed by atoms with Crippen molar-refractivity contribution in [1.82, 2.24) is 24.7 Å². The molecule has 2 aliphatic rings. The zero-order chi connectivity index (χ0) is 24.1. The first-order valence-electron chi connectivity index (χ1n) is 11.2. The number of anilines is 1. The summed E-state index contributed by atoms with van der Waals surface area (Å²) < 4.78 is 1.81. The molecule has 9 heteroatoms. The van der Waals surface area contributed by atoms with E-state index in [-0.39, 0.29) is 11.6 Å². The smallest absolute Gasteiger partial charge is 0.260 e. The molecule has 0 unspecified atom stereocenters. The van der Waals surface area contributed by atoms with Crippen LogP contribution in [0.15, 0.2) is 48.9 Å². The minimum absolute atomic E-state index is 0.200. The van der Waals surface area contributed by atoms with Crippen LogP contribution in [-0.2, 0) is 13.6 Å². The maximum absolute atomic E-state index is 13.3. The highest BCUT2D eigenvalue weighted by molar-refractivity contribution is 6.10. The van der Waals surface area contributed by atoms with Gasteiger partial charge in [-0.2, -0.15) is 0 Å². The van der Waals surface area contributed by atoms with Gasteiger partial charge in [-0.1, -0.05) is 12.1 Å². The van der Waals surface area contributed by atoms with Crippen molar-refractivity contribution in [3.05, 3.63) is 82.9 Å². The van der Waals surface area contributed by atoms with Crippen LogP contribution in [0.3, 0.4) is 0 Å². The maximum atomic E-state index is 13.3. The molecule has 0 bridgehead atoms. The van der Waals surface area contributed by atoms with Gasteiger partial charge in [0.15, 0.2) is 17.8 Å². The van der Waals surface area contributed by atoms with Gasteiger partial charge in [-0.15, -0.1) is 10.2 Å². The predicted octanol–water partition coefficient (Wildman–Crippen LogP) is 4.34. The van der Waals surface area contributed by atoms with Crippen LogP contribution >= 0.6 is 0 Å². The molecule has 0 N–H and O–H groups in total. The van der Waals surface area contributed by atoms with Gasteiger partial charge in [-0.05, 0) is 48.2 Å². The average molecular weight is 461 g/mol. The zero-order valence-corrected chi connectivity index (χ0v) is 18.8. The lowest BCUT2D eigenvalue weighted by molar-refractivity contribution is 0.0996. The normalized spacial score (nSPS) is 14.6. The molecular formula is C26H19N7O2. The number of nitrogens with zero attached hydrogens (tertiary/aromatic N) is 7. The first kappa shape index (κ1) is 20.9. The van der Waals surface area contributed by atoms with Crippen LogP contribution in [0.5, 0.6) is 0 Å². The van der Waals surface area contributed by atoms with Crippen molar-refractivity contribution in [1.29, 1.82) is 0 Å². The molecule has 170 valence electrons. The number of hydrogen-bond acceptors (Lipinski definition) is 6. The summed E-state index contributed by atoms with van der Waals surface area (Å²) in [5.41, 5.74) is 5.47. The van der Waals surface area contributed by atoms with Crippen molar-refractivity contribution in [2.75, 3.05) is 4.90 Å². The summed E-state index contributed by atoms with van der Waals surface area (Å²) in [6.45, 7) is 7.80. The van der Waals surface area contributed by atoms with Gasteiger partial charge in [-0.3, -0.25) is 19.5 Å². The lowest BCUT2D eigenvalue weighted by Crippen LogP contribution is -2.24. The van der Waals surface area contributed by atoms with Gasteiger partial charge in [0.05, 0.1) is 13.1 Å². The van der Waals surface area contributed by atoms with E-state index in [1.54, 1.807) is 23.5 Å². The number of rotatable bonds is 5. The van der Waals surface area contributed by atoms with Gasteiger partial charge in [-0.25, -0.2) is 9.83 Å². The average Bonchev–Trinajstić information content (AvgIpc) is 3.58. The number of aromatic nitrogens is 5. The molecule has 1 aromatic carbocycles. The van der Waals surface area contributed by atoms with Crippen molar-refractivity contribution >= 4 is 23.7 Å². The molecule has 1 saturated carbocycles. The Morgan fingerprint density at radius 2 is 1.97 bits per heavy atom. The SMILES string of the molecule is [C-]#[N+]c1ccc(-c2cc(C3CC3)nc(N3Cc4cnc(C=O)cc4C3=O)c2)c(-c2nncn2C)c1. The highest BCUT2D eigenvalue weighted by Gasteiger charge is 2.32. The lowest BCUT2D eigenvalue weighted by atomic mass is 9.97. The van der Waals surface area contributed by atoms with E-state index in [2.05, 4.69) is 26.1 Å². The van der Waals surface area contributed by atoms with Crippen molar-refractivity contribution < 1.29 is 9.59 Å². The molecule has 1 aliphatic heterocycles. The molecule has 4 heterocycles.